The van der Waals surface area contributed by atoms with Crippen molar-refractivity contribution in [1.29, 1.82) is 0 Å². The summed E-state index contributed by atoms with van der Waals surface area (Å²) < 4.78 is 6.21. The average molecular weight is 634 g/mol. The monoisotopic (exact) mass is 633 g/mol. The molecular weight excluding hydrogens is 611 g/mol. The molecule has 0 radical (unpaired) electrons. The number of benzene rings is 7. The van der Waals surface area contributed by atoms with Gasteiger partial charge in [-0.1, -0.05) is 115 Å². The van der Waals surface area contributed by atoms with Crippen LogP contribution in [0.3, 0.4) is 0 Å². The summed E-state index contributed by atoms with van der Waals surface area (Å²) in [5, 5.41) is 11.2. The van der Waals surface area contributed by atoms with E-state index in [-0.39, 0.29) is 0 Å². The van der Waals surface area contributed by atoms with Gasteiger partial charge in [0.15, 0.2) is 5.82 Å². The molecule has 0 atom stereocenters. The third-order valence-corrected chi connectivity index (χ3v) is 11.8. The molecule has 0 N–H and O–H groups in total. The van der Waals surface area contributed by atoms with Gasteiger partial charge in [0, 0.05) is 46.6 Å². The number of fused-ring (bicyclic) bond motifs is 13. The molecule has 218 valence electrons. The molecule has 0 unspecified atom stereocenters. The van der Waals surface area contributed by atoms with Crippen molar-refractivity contribution < 1.29 is 0 Å². The molecule has 3 nitrogen and oxygen atoms in total. The van der Waals surface area contributed by atoms with Crippen LogP contribution in [-0.2, 0) is 0 Å². The maximum absolute atomic E-state index is 5.55. The van der Waals surface area contributed by atoms with Crippen molar-refractivity contribution in [2.45, 2.75) is 0 Å². The zero-order chi connectivity index (χ0) is 30.6. The van der Waals surface area contributed by atoms with Gasteiger partial charge in [-0.3, -0.25) is 4.57 Å². The van der Waals surface area contributed by atoms with Gasteiger partial charge in [0.05, 0.1) is 11.0 Å². The van der Waals surface area contributed by atoms with Gasteiger partial charge in [0.25, 0.3) is 0 Å². The fourth-order valence-corrected chi connectivity index (χ4v) is 9.75. The molecule has 0 bridgehead atoms. The molecule has 47 heavy (non-hydrogen) atoms. The Kier molecular flexibility index (Phi) is 5.14. The minimum atomic E-state index is 0.854. The molecule has 4 aromatic heterocycles. The van der Waals surface area contributed by atoms with Crippen LogP contribution in [0.25, 0.3) is 101 Å². The molecule has 0 aliphatic rings. The largest absolute Gasteiger partial charge is 0.292 e. The van der Waals surface area contributed by atoms with Crippen molar-refractivity contribution in [2.24, 2.45) is 0 Å². The number of aromatic nitrogens is 3. The lowest BCUT2D eigenvalue weighted by atomic mass is 10.0. The molecule has 0 spiro atoms. The lowest BCUT2D eigenvalue weighted by molar-refractivity contribution is 1.09. The zero-order valence-electron chi connectivity index (χ0n) is 24.9. The minimum absolute atomic E-state index is 0.854. The smallest absolute Gasteiger partial charge is 0.165 e. The average Bonchev–Trinajstić information content (AvgIpc) is 3.79. The SMILES string of the molecule is c1ccc(-c2nc3sc4ccccc4c3nc2-n2c3cc4c(cc3c3c5ccccc5ccc32)sc2c3ccccc3ccc42)cc1. The van der Waals surface area contributed by atoms with Gasteiger partial charge in [0.1, 0.15) is 16.0 Å². The maximum Gasteiger partial charge on any atom is 0.165 e. The van der Waals surface area contributed by atoms with Crippen LogP contribution >= 0.6 is 22.7 Å². The summed E-state index contributed by atoms with van der Waals surface area (Å²) in [6, 6.07) is 50.4. The van der Waals surface area contributed by atoms with E-state index < -0.39 is 0 Å². The predicted molar refractivity (Wildman–Crippen MR) is 203 cm³/mol. The molecule has 11 aromatic rings. The van der Waals surface area contributed by atoms with Crippen molar-refractivity contribution in [3.63, 3.8) is 0 Å². The van der Waals surface area contributed by atoms with E-state index in [1.165, 1.54) is 57.2 Å². The van der Waals surface area contributed by atoms with Crippen molar-refractivity contribution in [1.82, 2.24) is 14.5 Å². The van der Waals surface area contributed by atoms with Gasteiger partial charge in [-0.25, -0.2) is 9.97 Å². The Bertz CT molecular complexity index is 3070. The van der Waals surface area contributed by atoms with Crippen LogP contribution in [0.15, 0.2) is 140 Å². The topological polar surface area (TPSA) is 30.7 Å². The van der Waals surface area contributed by atoms with Crippen molar-refractivity contribution in [3.8, 4) is 17.1 Å². The van der Waals surface area contributed by atoms with Crippen molar-refractivity contribution in [2.75, 3.05) is 0 Å². The summed E-state index contributed by atoms with van der Waals surface area (Å²) in [6.07, 6.45) is 0. The van der Waals surface area contributed by atoms with Gasteiger partial charge >= 0.3 is 0 Å². The molecule has 0 saturated carbocycles. The van der Waals surface area contributed by atoms with Crippen LogP contribution in [0.2, 0.25) is 0 Å². The molecule has 7 aromatic carbocycles. The summed E-state index contributed by atoms with van der Waals surface area (Å²) in [6.45, 7) is 0. The quantitative estimate of drug-likeness (QED) is 0.190. The lowest BCUT2D eigenvalue weighted by Crippen LogP contribution is -2.03. The first-order chi connectivity index (χ1) is 23.3. The number of nitrogens with zero attached hydrogens (tertiary/aromatic N) is 3. The Hall–Kier alpha value is -5.62. The Morgan fingerprint density at radius 3 is 2.06 bits per heavy atom. The fourth-order valence-electron chi connectivity index (χ4n) is 7.47. The van der Waals surface area contributed by atoms with Gasteiger partial charge in [-0.15, -0.1) is 22.7 Å². The Morgan fingerprint density at radius 1 is 0.468 bits per heavy atom. The highest BCUT2D eigenvalue weighted by atomic mass is 32.1. The molecular formula is C42H23N3S2. The number of rotatable bonds is 2. The number of hydrogen-bond donors (Lipinski definition) is 0. The van der Waals surface area contributed by atoms with E-state index in [9.17, 15) is 0 Å². The molecule has 0 saturated heterocycles. The van der Waals surface area contributed by atoms with E-state index in [2.05, 4.69) is 144 Å². The normalized spacial score (nSPS) is 12.3. The Morgan fingerprint density at radius 2 is 1.19 bits per heavy atom. The van der Waals surface area contributed by atoms with Crippen LogP contribution in [0.1, 0.15) is 0 Å². The van der Waals surface area contributed by atoms with Crippen molar-refractivity contribution in [3.05, 3.63) is 140 Å². The summed E-state index contributed by atoms with van der Waals surface area (Å²) in [4.78, 5) is 11.9. The minimum Gasteiger partial charge on any atom is -0.292 e. The van der Waals surface area contributed by atoms with E-state index in [0.717, 1.165) is 43.8 Å². The van der Waals surface area contributed by atoms with E-state index in [4.69, 9.17) is 9.97 Å². The van der Waals surface area contributed by atoms with Crippen LogP contribution < -0.4 is 0 Å². The van der Waals surface area contributed by atoms with E-state index in [1.807, 2.05) is 11.3 Å². The molecule has 5 heteroatoms. The predicted octanol–water partition coefficient (Wildman–Crippen LogP) is 12.3. The number of hydrogen-bond acceptors (Lipinski definition) is 4. The van der Waals surface area contributed by atoms with Crippen molar-refractivity contribution >= 4 is 107 Å². The first-order valence-corrected chi connectivity index (χ1v) is 17.4. The van der Waals surface area contributed by atoms with E-state index >= 15 is 0 Å². The summed E-state index contributed by atoms with van der Waals surface area (Å²) in [5.41, 5.74) is 5.17. The van der Waals surface area contributed by atoms with Crippen LogP contribution in [-0.4, -0.2) is 14.5 Å². The lowest BCUT2D eigenvalue weighted by Gasteiger charge is -2.13. The highest BCUT2D eigenvalue weighted by Crippen LogP contribution is 2.45. The summed E-state index contributed by atoms with van der Waals surface area (Å²) in [5.74, 6) is 0.854. The Labute approximate surface area is 276 Å². The van der Waals surface area contributed by atoms with Gasteiger partial charge in [-0.2, -0.15) is 0 Å². The van der Waals surface area contributed by atoms with E-state index in [0.29, 0.717) is 0 Å². The van der Waals surface area contributed by atoms with Gasteiger partial charge in [-0.05, 0) is 45.8 Å². The first kappa shape index (κ1) is 25.6. The Balaban J connectivity index is 1.35. The second kappa shape index (κ2) is 9.46. The highest BCUT2D eigenvalue weighted by molar-refractivity contribution is 7.26. The third kappa shape index (κ3) is 3.55. The number of thiophene rings is 2. The van der Waals surface area contributed by atoms with E-state index in [1.54, 1.807) is 11.3 Å². The summed E-state index contributed by atoms with van der Waals surface area (Å²) in [7, 11) is 0. The van der Waals surface area contributed by atoms with Crippen LogP contribution in [0, 0.1) is 0 Å². The molecule has 0 amide bonds. The van der Waals surface area contributed by atoms with Gasteiger partial charge in [0.2, 0.25) is 0 Å². The molecule has 0 aliphatic carbocycles. The second-order valence-electron chi connectivity index (χ2n) is 12.2. The maximum atomic E-state index is 5.55. The summed E-state index contributed by atoms with van der Waals surface area (Å²) >= 11 is 3.60. The third-order valence-electron chi connectivity index (χ3n) is 9.59. The first-order valence-electron chi connectivity index (χ1n) is 15.8. The molecule has 0 fully saturated rings. The zero-order valence-corrected chi connectivity index (χ0v) is 26.6. The highest BCUT2D eigenvalue weighted by Gasteiger charge is 2.23. The molecule has 11 rings (SSSR count). The standard InChI is InChI=1S/C42H23N3S2/c1-2-12-26(13-3-1)38-41(43-39-30-16-8-9-17-35(30)47-42(39)44-38)45-33-21-19-24-10-4-6-14-27(24)37(33)32-23-36-31(22-34(32)45)29-20-18-25-11-5-7-15-28(25)40(29)46-36/h1-23H. The molecule has 4 heterocycles. The molecule has 0 aliphatic heterocycles. The van der Waals surface area contributed by atoms with Gasteiger partial charge < -0.3 is 0 Å². The van der Waals surface area contributed by atoms with Crippen LogP contribution in [0.4, 0.5) is 0 Å². The van der Waals surface area contributed by atoms with Crippen LogP contribution in [0.5, 0.6) is 0 Å². The second-order valence-corrected chi connectivity index (χ2v) is 14.2. The fraction of sp³-hybridized carbons (Fsp3) is 0.